The molecule has 2 aliphatic heterocycles. The van der Waals surface area contributed by atoms with Crippen molar-refractivity contribution in [1.29, 1.82) is 5.26 Å². The lowest BCUT2D eigenvalue weighted by molar-refractivity contribution is -0.140. The van der Waals surface area contributed by atoms with Gasteiger partial charge in [0.1, 0.15) is 12.3 Å². The summed E-state index contributed by atoms with van der Waals surface area (Å²) < 4.78 is 43.7. The lowest BCUT2D eigenvalue weighted by atomic mass is 10.0. The minimum absolute atomic E-state index is 0.0632. The molecule has 3 rings (SSSR count). The third-order valence-corrected chi connectivity index (χ3v) is 5.01. The normalized spacial score (nSPS) is 20.6. The van der Waals surface area contributed by atoms with Crippen molar-refractivity contribution in [1.82, 2.24) is 9.80 Å². The summed E-state index contributed by atoms with van der Waals surface area (Å²) in [6.45, 7) is -0.246. The molecule has 0 aromatic heterocycles. The third kappa shape index (κ3) is 3.81. The Morgan fingerprint density at radius 2 is 2.07 bits per heavy atom. The molecule has 0 unspecified atom stereocenters. The van der Waals surface area contributed by atoms with Gasteiger partial charge in [-0.3, -0.25) is 9.80 Å². The van der Waals surface area contributed by atoms with Crippen LogP contribution in [0.15, 0.2) is 12.1 Å². The Morgan fingerprint density at radius 3 is 2.70 bits per heavy atom. The molecule has 1 atom stereocenters. The van der Waals surface area contributed by atoms with Crippen molar-refractivity contribution in [3.05, 3.63) is 23.3 Å². The number of carbonyl (C=O) groups excluding carboxylic acids is 1. The lowest BCUT2D eigenvalue weighted by Gasteiger charge is -2.36. The van der Waals surface area contributed by atoms with Gasteiger partial charge in [0, 0.05) is 25.7 Å². The summed E-state index contributed by atoms with van der Waals surface area (Å²) >= 11 is 0. The fourth-order valence-corrected chi connectivity index (χ4v) is 3.79. The van der Waals surface area contributed by atoms with Crippen LogP contribution in [0.5, 0.6) is 5.75 Å². The first-order valence-corrected chi connectivity index (χ1v) is 8.66. The quantitative estimate of drug-likeness (QED) is 0.802. The van der Waals surface area contributed by atoms with E-state index in [-0.39, 0.29) is 12.6 Å². The van der Waals surface area contributed by atoms with Crippen LogP contribution >= 0.6 is 0 Å². The minimum Gasteiger partial charge on any atom is -0.495 e. The summed E-state index contributed by atoms with van der Waals surface area (Å²) in [7, 11) is 3.37. The Balaban J connectivity index is 1.94. The second-order valence-corrected chi connectivity index (χ2v) is 6.84. The molecule has 2 heterocycles. The monoisotopic (exact) mass is 382 g/mol. The van der Waals surface area contributed by atoms with E-state index < -0.39 is 18.8 Å². The number of ether oxygens (including phenoxy) is 1. The number of benzene rings is 1. The molecule has 1 aromatic carbocycles. The molecule has 2 aliphatic rings. The first-order chi connectivity index (χ1) is 12.7. The maximum atomic E-state index is 12.8. The summed E-state index contributed by atoms with van der Waals surface area (Å²) in [5.74, 6) is 0.425. The number of nitrogens with zero attached hydrogens (tertiary/aromatic N) is 4. The number of hydrogen-bond donors (Lipinski definition) is 0. The summed E-state index contributed by atoms with van der Waals surface area (Å²) in [4.78, 5) is 16.9. The van der Waals surface area contributed by atoms with E-state index in [1.165, 1.54) is 12.0 Å². The van der Waals surface area contributed by atoms with Crippen molar-refractivity contribution < 1.29 is 22.7 Å². The fraction of sp³-hybridized carbons (Fsp3) is 0.556. The van der Waals surface area contributed by atoms with E-state index in [4.69, 9.17) is 10.00 Å². The van der Waals surface area contributed by atoms with E-state index >= 15 is 0 Å². The molecule has 2 amide bonds. The van der Waals surface area contributed by atoms with Crippen molar-refractivity contribution in [3.8, 4) is 11.8 Å². The molecular formula is C18H21F3N4O2. The second kappa shape index (κ2) is 7.27. The Labute approximate surface area is 155 Å². The third-order valence-electron chi connectivity index (χ3n) is 5.01. The highest BCUT2D eigenvalue weighted by molar-refractivity contribution is 5.94. The molecule has 0 bridgehead atoms. The summed E-state index contributed by atoms with van der Waals surface area (Å²) in [5.41, 5.74) is 2.38. The van der Waals surface area contributed by atoms with E-state index in [0.29, 0.717) is 37.4 Å². The van der Waals surface area contributed by atoms with Crippen LogP contribution < -0.4 is 9.64 Å². The van der Waals surface area contributed by atoms with E-state index in [1.54, 1.807) is 12.1 Å². The van der Waals surface area contributed by atoms with Crippen LogP contribution in [0.1, 0.15) is 30.0 Å². The molecule has 0 aliphatic carbocycles. The second-order valence-electron chi connectivity index (χ2n) is 6.84. The predicted molar refractivity (Wildman–Crippen MR) is 92.4 cm³/mol. The number of amides is 2. The van der Waals surface area contributed by atoms with Crippen LogP contribution in [0.3, 0.4) is 0 Å². The zero-order chi connectivity index (χ0) is 19.8. The first kappa shape index (κ1) is 19.3. The van der Waals surface area contributed by atoms with Crippen molar-refractivity contribution in [2.24, 2.45) is 0 Å². The van der Waals surface area contributed by atoms with Gasteiger partial charge in [-0.25, -0.2) is 4.79 Å². The van der Waals surface area contributed by atoms with Crippen molar-refractivity contribution in [2.45, 2.75) is 31.6 Å². The summed E-state index contributed by atoms with van der Waals surface area (Å²) in [5, 5.41) is 9.05. The Morgan fingerprint density at radius 1 is 1.33 bits per heavy atom. The van der Waals surface area contributed by atoms with Crippen LogP contribution in [0.25, 0.3) is 0 Å². The number of fused-ring (bicyclic) bond motifs is 1. The van der Waals surface area contributed by atoms with Crippen molar-refractivity contribution >= 4 is 11.7 Å². The van der Waals surface area contributed by atoms with Gasteiger partial charge in [-0.05, 0) is 36.7 Å². The molecule has 0 saturated carbocycles. The fourth-order valence-electron chi connectivity index (χ4n) is 3.79. The van der Waals surface area contributed by atoms with Gasteiger partial charge in [-0.2, -0.15) is 18.4 Å². The number of methoxy groups -OCH3 is 1. The highest BCUT2D eigenvalue weighted by atomic mass is 19.4. The molecule has 0 radical (unpaired) electrons. The number of anilines is 1. The standard InChI is InChI=1S/C18H21F3N4O2/c1-23-10-12-8-15(16(27-2)9-13(12)14(23)4-5-22)25-7-3-6-24(17(25)26)11-18(19,20)21/h8-9,14H,3-4,6-7,10-11H2,1-2H3/t14-/m1/s1. The topological polar surface area (TPSA) is 59.8 Å². The van der Waals surface area contributed by atoms with Crippen LogP contribution in [0.2, 0.25) is 0 Å². The largest absolute Gasteiger partial charge is 0.495 e. The van der Waals surface area contributed by atoms with Gasteiger partial charge < -0.3 is 9.64 Å². The molecule has 1 saturated heterocycles. The average Bonchev–Trinajstić information content (AvgIpc) is 2.90. The van der Waals surface area contributed by atoms with Gasteiger partial charge in [0.15, 0.2) is 0 Å². The molecule has 1 aromatic rings. The summed E-state index contributed by atoms with van der Waals surface area (Å²) in [6.07, 6.45) is -3.67. The molecule has 0 N–H and O–H groups in total. The Hall–Kier alpha value is -2.47. The zero-order valence-corrected chi connectivity index (χ0v) is 15.2. The molecule has 0 spiro atoms. The number of hydrogen-bond acceptors (Lipinski definition) is 4. The van der Waals surface area contributed by atoms with Gasteiger partial charge in [-0.1, -0.05) is 0 Å². The van der Waals surface area contributed by atoms with Gasteiger partial charge in [0.2, 0.25) is 0 Å². The van der Waals surface area contributed by atoms with Crippen LogP contribution in [-0.4, -0.2) is 55.8 Å². The van der Waals surface area contributed by atoms with Crippen LogP contribution in [0, 0.1) is 11.3 Å². The van der Waals surface area contributed by atoms with E-state index in [0.717, 1.165) is 16.0 Å². The number of urea groups is 1. The lowest BCUT2D eigenvalue weighted by Crippen LogP contribution is -2.52. The maximum Gasteiger partial charge on any atom is 0.406 e. The summed E-state index contributed by atoms with van der Waals surface area (Å²) in [6, 6.07) is 5.04. The molecule has 9 heteroatoms. The van der Waals surface area contributed by atoms with Gasteiger partial charge >= 0.3 is 12.2 Å². The van der Waals surface area contributed by atoms with Crippen molar-refractivity contribution in [2.75, 3.05) is 38.7 Å². The van der Waals surface area contributed by atoms with Crippen molar-refractivity contribution in [3.63, 3.8) is 0 Å². The van der Waals surface area contributed by atoms with E-state index in [9.17, 15) is 18.0 Å². The van der Waals surface area contributed by atoms with Gasteiger partial charge in [0.05, 0.1) is 25.3 Å². The van der Waals surface area contributed by atoms with Crippen LogP contribution in [-0.2, 0) is 6.54 Å². The number of alkyl halides is 3. The number of halogens is 3. The smallest absolute Gasteiger partial charge is 0.406 e. The van der Waals surface area contributed by atoms with E-state index in [2.05, 4.69) is 6.07 Å². The highest BCUT2D eigenvalue weighted by Crippen LogP contribution is 2.42. The van der Waals surface area contributed by atoms with Gasteiger partial charge in [-0.15, -0.1) is 0 Å². The SMILES string of the molecule is COc1cc2c(cc1N1CCCN(CC(F)(F)F)C1=O)CN(C)[C@@H]2CC#N. The molecule has 146 valence electrons. The Bertz CT molecular complexity index is 775. The maximum absolute atomic E-state index is 12.8. The number of rotatable bonds is 4. The van der Waals surface area contributed by atoms with Crippen LogP contribution in [0.4, 0.5) is 23.7 Å². The Kier molecular flexibility index (Phi) is 5.20. The van der Waals surface area contributed by atoms with E-state index in [1.807, 2.05) is 11.9 Å². The molecule has 1 fully saturated rings. The molecule has 27 heavy (non-hydrogen) atoms. The number of carbonyl (C=O) groups is 1. The molecule has 6 nitrogen and oxygen atoms in total. The minimum atomic E-state index is -4.44. The molecular weight excluding hydrogens is 361 g/mol. The predicted octanol–water partition coefficient (Wildman–Crippen LogP) is 3.29. The highest BCUT2D eigenvalue weighted by Gasteiger charge is 2.38. The number of nitriles is 1. The first-order valence-electron chi connectivity index (χ1n) is 8.66. The van der Waals surface area contributed by atoms with Gasteiger partial charge in [0.25, 0.3) is 0 Å². The average molecular weight is 382 g/mol. The zero-order valence-electron chi connectivity index (χ0n) is 15.2.